The maximum absolute atomic E-state index is 13.3. The quantitative estimate of drug-likeness (QED) is 0.811. The SMILES string of the molecule is C[C@@H]1[C@H](C)CCC[C@@H]1NC(=O)COC(=O)COc1ccccc1F. The van der Waals surface area contributed by atoms with Crippen molar-refractivity contribution in [2.24, 2.45) is 11.8 Å². The Kier molecular flexibility index (Phi) is 6.58. The molecule has 5 nitrogen and oxygen atoms in total. The van der Waals surface area contributed by atoms with E-state index >= 15 is 0 Å². The van der Waals surface area contributed by atoms with Crippen LogP contribution in [0.25, 0.3) is 0 Å². The van der Waals surface area contributed by atoms with Gasteiger partial charge in [-0.15, -0.1) is 0 Å². The van der Waals surface area contributed by atoms with E-state index in [4.69, 9.17) is 9.47 Å². The zero-order chi connectivity index (χ0) is 17.5. The molecule has 1 aromatic rings. The third-order valence-corrected chi connectivity index (χ3v) is 4.60. The van der Waals surface area contributed by atoms with Gasteiger partial charge in [-0.2, -0.15) is 0 Å². The molecule has 1 aromatic carbocycles. The van der Waals surface area contributed by atoms with Gasteiger partial charge in [-0.3, -0.25) is 4.79 Å². The van der Waals surface area contributed by atoms with Crippen molar-refractivity contribution in [1.82, 2.24) is 5.32 Å². The molecule has 3 atom stereocenters. The monoisotopic (exact) mass is 337 g/mol. The van der Waals surface area contributed by atoms with Crippen molar-refractivity contribution < 1.29 is 23.5 Å². The molecular formula is C18H24FNO4. The second-order valence-corrected chi connectivity index (χ2v) is 6.32. The van der Waals surface area contributed by atoms with Crippen LogP contribution in [0.2, 0.25) is 0 Å². The Balaban J connectivity index is 1.69. The molecule has 0 radical (unpaired) electrons. The minimum Gasteiger partial charge on any atom is -0.479 e. The van der Waals surface area contributed by atoms with Crippen LogP contribution < -0.4 is 10.1 Å². The van der Waals surface area contributed by atoms with Crippen molar-refractivity contribution in [3.8, 4) is 5.75 Å². The van der Waals surface area contributed by atoms with Gasteiger partial charge in [-0.25, -0.2) is 9.18 Å². The van der Waals surface area contributed by atoms with E-state index in [-0.39, 0.29) is 24.3 Å². The summed E-state index contributed by atoms with van der Waals surface area (Å²) in [6.07, 6.45) is 3.21. The van der Waals surface area contributed by atoms with E-state index in [2.05, 4.69) is 19.2 Å². The number of esters is 1. The van der Waals surface area contributed by atoms with Crippen molar-refractivity contribution in [2.75, 3.05) is 13.2 Å². The minimum absolute atomic E-state index is 0.0241. The number of benzene rings is 1. The van der Waals surface area contributed by atoms with Crippen LogP contribution in [-0.4, -0.2) is 31.1 Å². The molecule has 0 aliphatic heterocycles. The molecule has 0 aromatic heterocycles. The molecule has 2 rings (SSSR count). The Morgan fingerprint density at radius 3 is 2.71 bits per heavy atom. The molecule has 0 saturated heterocycles. The van der Waals surface area contributed by atoms with Gasteiger partial charge in [0, 0.05) is 6.04 Å². The third kappa shape index (κ3) is 5.22. The highest BCUT2D eigenvalue weighted by Crippen LogP contribution is 2.29. The number of rotatable bonds is 6. The molecule has 1 amide bonds. The molecule has 0 bridgehead atoms. The number of halogens is 1. The number of hydrogen-bond donors (Lipinski definition) is 1. The highest BCUT2D eigenvalue weighted by molar-refractivity contribution is 5.81. The highest BCUT2D eigenvalue weighted by atomic mass is 19.1. The van der Waals surface area contributed by atoms with Gasteiger partial charge in [0.25, 0.3) is 5.91 Å². The van der Waals surface area contributed by atoms with Crippen molar-refractivity contribution in [1.29, 1.82) is 0 Å². The van der Waals surface area contributed by atoms with Crippen LogP contribution >= 0.6 is 0 Å². The number of nitrogens with one attached hydrogen (secondary N) is 1. The summed E-state index contributed by atoms with van der Waals surface area (Å²) in [7, 11) is 0. The van der Waals surface area contributed by atoms with Crippen LogP contribution in [0.5, 0.6) is 5.75 Å². The lowest BCUT2D eigenvalue weighted by Gasteiger charge is -2.34. The first kappa shape index (κ1) is 18.2. The van der Waals surface area contributed by atoms with E-state index in [0.29, 0.717) is 11.8 Å². The first-order chi connectivity index (χ1) is 11.5. The number of ether oxygens (including phenoxy) is 2. The van der Waals surface area contributed by atoms with Crippen molar-refractivity contribution in [2.45, 2.75) is 39.2 Å². The Hall–Kier alpha value is -2.11. The molecule has 132 valence electrons. The molecule has 0 heterocycles. The summed E-state index contributed by atoms with van der Waals surface area (Å²) < 4.78 is 23.2. The fraction of sp³-hybridized carbons (Fsp3) is 0.556. The molecule has 1 aliphatic carbocycles. The molecule has 1 N–H and O–H groups in total. The van der Waals surface area contributed by atoms with Crippen molar-refractivity contribution >= 4 is 11.9 Å². The summed E-state index contributed by atoms with van der Waals surface area (Å²) in [4.78, 5) is 23.5. The highest BCUT2D eigenvalue weighted by Gasteiger charge is 2.28. The molecule has 1 aliphatic rings. The number of carbonyl (C=O) groups is 2. The standard InChI is InChI=1S/C18H24FNO4/c1-12-6-5-8-15(13(12)2)20-17(21)10-24-18(22)11-23-16-9-4-3-7-14(16)19/h3-4,7,9,12-13,15H,5-6,8,10-11H2,1-2H3,(H,20,21)/t12-,13-,15+/m1/s1. The van der Waals surface area contributed by atoms with Gasteiger partial charge >= 0.3 is 5.97 Å². The largest absolute Gasteiger partial charge is 0.479 e. The topological polar surface area (TPSA) is 64.6 Å². The average Bonchev–Trinajstić information content (AvgIpc) is 2.56. The Morgan fingerprint density at radius 2 is 1.96 bits per heavy atom. The van der Waals surface area contributed by atoms with E-state index in [1.54, 1.807) is 6.07 Å². The first-order valence-corrected chi connectivity index (χ1v) is 8.29. The number of hydrogen-bond acceptors (Lipinski definition) is 4. The van der Waals surface area contributed by atoms with E-state index < -0.39 is 18.4 Å². The lowest BCUT2D eigenvalue weighted by molar-refractivity contribution is -0.150. The van der Waals surface area contributed by atoms with Crippen LogP contribution in [0, 0.1) is 17.7 Å². The van der Waals surface area contributed by atoms with Gasteiger partial charge < -0.3 is 14.8 Å². The van der Waals surface area contributed by atoms with Crippen LogP contribution in [-0.2, 0) is 14.3 Å². The zero-order valence-corrected chi connectivity index (χ0v) is 14.1. The summed E-state index contributed by atoms with van der Waals surface area (Å²) in [5.41, 5.74) is 0. The van der Waals surface area contributed by atoms with E-state index in [0.717, 1.165) is 12.8 Å². The van der Waals surface area contributed by atoms with E-state index in [9.17, 15) is 14.0 Å². The number of amides is 1. The summed E-state index contributed by atoms with van der Waals surface area (Å²) in [6.45, 7) is 3.52. The molecule has 6 heteroatoms. The predicted octanol–water partition coefficient (Wildman–Crippen LogP) is 2.69. The van der Waals surface area contributed by atoms with Crippen LogP contribution in [0.4, 0.5) is 4.39 Å². The van der Waals surface area contributed by atoms with Crippen molar-refractivity contribution in [3.05, 3.63) is 30.1 Å². The molecular weight excluding hydrogens is 313 g/mol. The van der Waals surface area contributed by atoms with Gasteiger partial charge in [-0.05, 0) is 30.4 Å². The van der Waals surface area contributed by atoms with Crippen LogP contribution in [0.15, 0.2) is 24.3 Å². The predicted molar refractivity (Wildman–Crippen MR) is 87.0 cm³/mol. The Bertz CT molecular complexity index is 578. The summed E-state index contributed by atoms with van der Waals surface area (Å²) in [6, 6.07) is 5.90. The maximum Gasteiger partial charge on any atom is 0.344 e. The lowest BCUT2D eigenvalue weighted by Crippen LogP contribution is -2.45. The molecule has 24 heavy (non-hydrogen) atoms. The van der Waals surface area contributed by atoms with E-state index in [1.165, 1.54) is 24.6 Å². The second kappa shape index (κ2) is 8.66. The molecule has 1 saturated carbocycles. The molecule has 0 unspecified atom stereocenters. The van der Waals surface area contributed by atoms with Crippen molar-refractivity contribution in [3.63, 3.8) is 0 Å². The Morgan fingerprint density at radius 1 is 1.21 bits per heavy atom. The fourth-order valence-corrected chi connectivity index (χ4v) is 2.92. The van der Waals surface area contributed by atoms with Gasteiger partial charge in [0.1, 0.15) is 0 Å². The second-order valence-electron chi connectivity index (χ2n) is 6.32. The third-order valence-electron chi connectivity index (χ3n) is 4.60. The first-order valence-electron chi connectivity index (χ1n) is 8.29. The summed E-state index contributed by atoms with van der Waals surface area (Å²) in [5.74, 6) is -0.630. The van der Waals surface area contributed by atoms with Gasteiger partial charge in [0.2, 0.25) is 0 Å². The van der Waals surface area contributed by atoms with E-state index in [1.807, 2.05) is 0 Å². The van der Waals surface area contributed by atoms with Crippen LogP contribution in [0.1, 0.15) is 33.1 Å². The minimum atomic E-state index is -0.710. The average molecular weight is 337 g/mol. The van der Waals surface area contributed by atoms with Gasteiger partial charge in [0.05, 0.1) is 0 Å². The maximum atomic E-state index is 13.3. The normalized spacial score (nSPS) is 23.4. The number of para-hydroxylation sites is 1. The van der Waals surface area contributed by atoms with Gasteiger partial charge in [0.15, 0.2) is 24.8 Å². The fourth-order valence-electron chi connectivity index (χ4n) is 2.92. The lowest BCUT2D eigenvalue weighted by atomic mass is 9.78. The Labute approximate surface area is 141 Å². The van der Waals surface area contributed by atoms with Gasteiger partial charge in [-0.1, -0.05) is 38.8 Å². The number of carbonyl (C=O) groups excluding carboxylic acids is 2. The zero-order valence-electron chi connectivity index (χ0n) is 14.1. The summed E-state index contributed by atoms with van der Waals surface area (Å²) in [5, 5.41) is 2.92. The van der Waals surface area contributed by atoms with Crippen LogP contribution in [0.3, 0.4) is 0 Å². The summed E-state index contributed by atoms with van der Waals surface area (Å²) >= 11 is 0. The molecule has 1 fully saturated rings. The molecule has 0 spiro atoms. The smallest absolute Gasteiger partial charge is 0.344 e.